The predicted octanol–water partition coefficient (Wildman–Crippen LogP) is 1.18. The zero-order valence-electron chi connectivity index (χ0n) is 10.6. The number of carbonyl (C=O) groups excluding carboxylic acids is 3. The smallest absolute Gasteiger partial charge is 0.277 e. The monoisotopic (exact) mass is 281 g/mol. The van der Waals surface area contributed by atoms with Crippen LogP contribution in [-0.2, 0) is 16.0 Å². The van der Waals surface area contributed by atoms with E-state index in [-0.39, 0.29) is 6.54 Å². The first-order chi connectivity index (χ1) is 9.13. The average molecular weight is 281 g/mol. The van der Waals surface area contributed by atoms with Crippen LogP contribution in [0.25, 0.3) is 0 Å². The molecule has 1 saturated heterocycles. The van der Waals surface area contributed by atoms with Gasteiger partial charge in [-0.1, -0.05) is 13.3 Å². The van der Waals surface area contributed by atoms with E-state index in [1.165, 1.54) is 11.3 Å². The molecule has 2 heterocycles. The highest BCUT2D eigenvalue weighted by Crippen LogP contribution is 2.16. The van der Waals surface area contributed by atoms with E-state index in [0.717, 1.165) is 17.0 Å². The quantitative estimate of drug-likeness (QED) is 0.822. The topological polar surface area (TPSA) is 79.4 Å². The van der Waals surface area contributed by atoms with Crippen molar-refractivity contribution in [2.24, 2.45) is 5.92 Å². The molecule has 1 aromatic heterocycles. The fourth-order valence-corrected chi connectivity index (χ4v) is 2.60. The molecule has 1 aliphatic rings. The van der Waals surface area contributed by atoms with Crippen LogP contribution in [0.5, 0.6) is 0 Å². The number of rotatable bonds is 5. The van der Waals surface area contributed by atoms with Crippen molar-refractivity contribution >= 4 is 29.2 Å². The molecule has 102 valence electrons. The van der Waals surface area contributed by atoms with Gasteiger partial charge in [0.05, 0.1) is 11.2 Å². The number of barbiturate groups is 1. The van der Waals surface area contributed by atoms with Crippen LogP contribution in [0.3, 0.4) is 0 Å². The molecule has 1 aliphatic heterocycles. The number of thiazole rings is 1. The lowest BCUT2D eigenvalue weighted by Gasteiger charge is -2.29. The summed E-state index contributed by atoms with van der Waals surface area (Å²) in [5.74, 6) is -1.62. The maximum Gasteiger partial charge on any atom is 0.330 e. The number of imide groups is 2. The minimum atomic E-state index is -0.738. The number of aromatic nitrogens is 1. The van der Waals surface area contributed by atoms with Crippen LogP contribution in [0.4, 0.5) is 4.79 Å². The van der Waals surface area contributed by atoms with Crippen LogP contribution in [0.1, 0.15) is 25.5 Å². The standard InChI is InChI=1S/C12H15N3O3S/c1-2-3-9-10(16)14-12(18)15(11(9)17)5-4-8-6-19-7-13-8/h6-7,9H,2-5H2,1H3,(H,14,16,18). The Hall–Kier alpha value is -1.76. The summed E-state index contributed by atoms with van der Waals surface area (Å²) in [6, 6.07) is -0.627. The van der Waals surface area contributed by atoms with E-state index in [9.17, 15) is 14.4 Å². The molecule has 6 nitrogen and oxygen atoms in total. The molecule has 19 heavy (non-hydrogen) atoms. The Labute approximate surface area is 114 Å². The lowest BCUT2D eigenvalue weighted by atomic mass is 9.99. The van der Waals surface area contributed by atoms with Crippen molar-refractivity contribution in [1.29, 1.82) is 0 Å². The Morgan fingerprint density at radius 1 is 1.42 bits per heavy atom. The predicted molar refractivity (Wildman–Crippen MR) is 69.5 cm³/mol. The second-order valence-electron chi connectivity index (χ2n) is 4.36. The third-order valence-corrected chi connectivity index (χ3v) is 3.64. The Balaban J connectivity index is 2.03. The fourth-order valence-electron chi connectivity index (χ4n) is 2.00. The van der Waals surface area contributed by atoms with Crippen LogP contribution in [-0.4, -0.2) is 34.3 Å². The molecular formula is C12H15N3O3S. The molecule has 0 saturated carbocycles. The zero-order valence-corrected chi connectivity index (χ0v) is 11.4. The van der Waals surface area contributed by atoms with Crippen LogP contribution < -0.4 is 5.32 Å². The molecule has 1 unspecified atom stereocenters. The third kappa shape index (κ3) is 2.98. The van der Waals surface area contributed by atoms with Crippen molar-refractivity contribution in [1.82, 2.24) is 15.2 Å². The Morgan fingerprint density at radius 2 is 2.21 bits per heavy atom. The van der Waals surface area contributed by atoms with Gasteiger partial charge in [-0.2, -0.15) is 0 Å². The molecule has 0 radical (unpaired) electrons. The molecule has 2 rings (SSSR count). The number of hydrogen-bond donors (Lipinski definition) is 1. The third-order valence-electron chi connectivity index (χ3n) is 3.01. The van der Waals surface area contributed by atoms with Gasteiger partial charge in [0, 0.05) is 18.3 Å². The lowest BCUT2D eigenvalue weighted by molar-refractivity contribution is -0.142. The molecule has 1 N–H and O–H groups in total. The lowest BCUT2D eigenvalue weighted by Crippen LogP contribution is -2.58. The van der Waals surface area contributed by atoms with Gasteiger partial charge in [-0.05, 0) is 6.42 Å². The number of carbonyl (C=O) groups is 3. The SMILES string of the molecule is CCCC1C(=O)NC(=O)N(CCc2cscn2)C1=O. The molecule has 0 spiro atoms. The van der Waals surface area contributed by atoms with Crippen LogP contribution in [0.15, 0.2) is 10.9 Å². The number of hydrogen-bond acceptors (Lipinski definition) is 5. The maximum absolute atomic E-state index is 12.1. The van der Waals surface area contributed by atoms with Gasteiger partial charge >= 0.3 is 6.03 Å². The van der Waals surface area contributed by atoms with E-state index < -0.39 is 23.8 Å². The summed E-state index contributed by atoms with van der Waals surface area (Å²) in [6.07, 6.45) is 1.69. The molecule has 1 aromatic rings. The maximum atomic E-state index is 12.1. The summed E-state index contributed by atoms with van der Waals surface area (Å²) >= 11 is 1.47. The number of nitrogens with zero attached hydrogens (tertiary/aromatic N) is 2. The molecule has 4 amide bonds. The second-order valence-corrected chi connectivity index (χ2v) is 5.07. The van der Waals surface area contributed by atoms with E-state index in [0.29, 0.717) is 12.8 Å². The molecule has 7 heteroatoms. The second kappa shape index (κ2) is 5.92. The van der Waals surface area contributed by atoms with Crippen molar-refractivity contribution < 1.29 is 14.4 Å². The molecule has 0 aromatic carbocycles. The summed E-state index contributed by atoms with van der Waals surface area (Å²) in [4.78, 5) is 40.6. The van der Waals surface area contributed by atoms with Gasteiger partial charge in [0.25, 0.3) is 0 Å². The Morgan fingerprint density at radius 3 is 2.84 bits per heavy atom. The minimum Gasteiger partial charge on any atom is -0.277 e. The summed E-state index contributed by atoms with van der Waals surface area (Å²) in [6.45, 7) is 2.15. The van der Waals surface area contributed by atoms with Gasteiger partial charge in [-0.3, -0.25) is 19.8 Å². The van der Waals surface area contributed by atoms with Gasteiger partial charge < -0.3 is 0 Å². The highest BCUT2D eigenvalue weighted by atomic mass is 32.1. The van der Waals surface area contributed by atoms with Crippen molar-refractivity contribution in [3.05, 3.63) is 16.6 Å². The summed E-state index contributed by atoms with van der Waals surface area (Å²) in [5, 5.41) is 4.11. The van der Waals surface area contributed by atoms with E-state index >= 15 is 0 Å². The number of urea groups is 1. The first-order valence-electron chi connectivity index (χ1n) is 6.16. The van der Waals surface area contributed by atoms with Crippen LogP contribution in [0, 0.1) is 5.92 Å². The highest BCUT2D eigenvalue weighted by Gasteiger charge is 2.39. The summed E-state index contributed by atoms with van der Waals surface area (Å²) in [7, 11) is 0. The largest absolute Gasteiger partial charge is 0.330 e. The van der Waals surface area contributed by atoms with Crippen LogP contribution in [0.2, 0.25) is 0 Å². The average Bonchev–Trinajstić information content (AvgIpc) is 2.87. The van der Waals surface area contributed by atoms with Gasteiger partial charge in [0.2, 0.25) is 11.8 Å². The first kappa shape index (κ1) is 13.7. The van der Waals surface area contributed by atoms with Gasteiger partial charge in [-0.15, -0.1) is 11.3 Å². The summed E-state index contributed by atoms with van der Waals surface area (Å²) in [5.41, 5.74) is 2.55. The molecule has 1 atom stereocenters. The Bertz CT molecular complexity index is 486. The van der Waals surface area contributed by atoms with E-state index in [1.807, 2.05) is 12.3 Å². The molecule has 0 bridgehead atoms. The Kier molecular flexibility index (Phi) is 4.26. The minimum absolute atomic E-state index is 0.252. The molecular weight excluding hydrogens is 266 g/mol. The fraction of sp³-hybridized carbons (Fsp3) is 0.500. The number of nitrogens with one attached hydrogen (secondary N) is 1. The van der Waals surface area contributed by atoms with E-state index in [2.05, 4.69) is 10.3 Å². The van der Waals surface area contributed by atoms with Crippen molar-refractivity contribution in [2.45, 2.75) is 26.2 Å². The summed E-state index contributed by atoms with van der Waals surface area (Å²) < 4.78 is 0. The van der Waals surface area contributed by atoms with Gasteiger partial charge in [0.1, 0.15) is 5.92 Å². The van der Waals surface area contributed by atoms with Gasteiger partial charge in [-0.25, -0.2) is 9.78 Å². The normalized spacial score (nSPS) is 19.7. The van der Waals surface area contributed by atoms with E-state index in [4.69, 9.17) is 0 Å². The van der Waals surface area contributed by atoms with Crippen molar-refractivity contribution in [2.75, 3.05) is 6.54 Å². The zero-order chi connectivity index (χ0) is 13.8. The van der Waals surface area contributed by atoms with Crippen molar-refractivity contribution in [3.63, 3.8) is 0 Å². The molecule has 0 aliphatic carbocycles. The van der Waals surface area contributed by atoms with E-state index in [1.54, 1.807) is 5.51 Å². The van der Waals surface area contributed by atoms with Crippen molar-refractivity contribution in [3.8, 4) is 0 Å². The number of amides is 4. The van der Waals surface area contributed by atoms with Gasteiger partial charge in [0.15, 0.2) is 0 Å². The highest BCUT2D eigenvalue weighted by molar-refractivity contribution is 7.07. The first-order valence-corrected chi connectivity index (χ1v) is 7.11. The molecule has 1 fully saturated rings. The van der Waals surface area contributed by atoms with Crippen LogP contribution >= 0.6 is 11.3 Å².